The zero-order chi connectivity index (χ0) is 19.7. The van der Waals surface area contributed by atoms with Crippen LogP contribution in [0.1, 0.15) is 38.7 Å². The Morgan fingerprint density at radius 2 is 1.75 bits per heavy atom. The molecule has 0 aliphatic carbocycles. The van der Waals surface area contributed by atoms with Crippen molar-refractivity contribution < 1.29 is 4.79 Å². The van der Waals surface area contributed by atoms with E-state index in [9.17, 15) is 4.79 Å². The highest BCUT2D eigenvalue weighted by molar-refractivity contribution is 7.99. The standard InChI is InChI=1S/C23H27N3OS/c1-16-11-13-19(14-12-16)26-21-10-5-4-9-20(21)24-23(26)28-15-22(27)25-17(2)7-6-8-18(25)3/h4-5,9-14,17-18H,6-8,15H2,1-3H3/t17-,18-/m0/s1. The van der Waals surface area contributed by atoms with Crippen molar-refractivity contribution in [2.75, 3.05) is 5.75 Å². The smallest absolute Gasteiger partial charge is 0.233 e. The Morgan fingerprint density at radius 3 is 2.46 bits per heavy atom. The van der Waals surface area contributed by atoms with Gasteiger partial charge in [-0.05, 0) is 64.3 Å². The minimum atomic E-state index is 0.215. The molecule has 4 nitrogen and oxygen atoms in total. The van der Waals surface area contributed by atoms with E-state index in [-0.39, 0.29) is 5.91 Å². The highest BCUT2D eigenvalue weighted by atomic mass is 32.2. The van der Waals surface area contributed by atoms with Crippen LogP contribution in [0.4, 0.5) is 0 Å². The number of carbonyl (C=O) groups is 1. The van der Waals surface area contributed by atoms with Crippen LogP contribution in [-0.4, -0.2) is 38.2 Å². The van der Waals surface area contributed by atoms with Gasteiger partial charge in [-0.2, -0.15) is 0 Å². The fourth-order valence-electron chi connectivity index (χ4n) is 4.16. The number of piperidine rings is 1. The summed E-state index contributed by atoms with van der Waals surface area (Å²) in [6, 6.07) is 17.3. The maximum atomic E-state index is 13.0. The van der Waals surface area contributed by atoms with Gasteiger partial charge in [-0.3, -0.25) is 9.36 Å². The monoisotopic (exact) mass is 393 g/mol. The molecule has 0 bridgehead atoms. The number of imidazole rings is 1. The molecule has 146 valence electrons. The van der Waals surface area contributed by atoms with Crippen LogP contribution in [0.5, 0.6) is 0 Å². The second kappa shape index (κ2) is 8.00. The Kier molecular flexibility index (Phi) is 5.44. The summed E-state index contributed by atoms with van der Waals surface area (Å²) in [6.45, 7) is 6.42. The Hall–Kier alpha value is -2.27. The number of amides is 1. The number of nitrogens with zero attached hydrogens (tertiary/aromatic N) is 3. The van der Waals surface area contributed by atoms with Crippen molar-refractivity contribution >= 4 is 28.7 Å². The number of para-hydroxylation sites is 2. The molecule has 0 unspecified atom stereocenters. The summed E-state index contributed by atoms with van der Waals surface area (Å²) in [4.78, 5) is 19.9. The molecule has 0 N–H and O–H groups in total. The van der Waals surface area contributed by atoms with Gasteiger partial charge in [0, 0.05) is 17.8 Å². The Bertz CT molecular complexity index is 969. The highest BCUT2D eigenvalue weighted by Gasteiger charge is 2.29. The number of likely N-dealkylation sites (tertiary alicyclic amines) is 1. The predicted molar refractivity (Wildman–Crippen MR) is 116 cm³/mol. The van der Waals surface area contributed by atoms with Crippen molar-refractivity contribution in [3.63, 3.8) is 0 Å². The first-order valence-electron chi connectivity index (χ1n) is 10.0. The summed E-state index contributed by atoms with van der Waals surface area (Å²) in [5, 5.41) is 0.871. The van der Waals surface area contributed by atoms with E-state index in [0.717, 1.165) is 34.7 Å². The number of carbonyl (C=O) groups excluding carboxylic acids is 1. The molecule has 1 saturated heterocycles. The third-order valence-electron chi connectivity index (χ3n) is 5.63. The summed E-state index contributed by atoms with van der Waals surface area (Å²) in [5.41, 5.74) is 4.33. The molecule has 1 aromatic heterocycles. The average Bonchev–Trinajstić information content (AvgIpc) is 3.05. The average molecular weight is 394 g/mol. The number of aryl methyl sites for hydroxylation is 1. The number of fused-ring (bicyclic) bond motifs is 1. The van der Waals surface area contributed by atoms with Crippen molar-refractivity contribution in [2.24, 2.45) is 0 Å². The Morgan fingerprint density at radius 1 is 1.07 bits per heavy atom. The van der Waals surface area contributed by atoms with E-state index in [1.165, 1.54) is 23.7 Å². The van der Waals surface area contributed by atoms with Crippen molar-refractivity contribution in [1.82, 2.24) is 14.5 Å². The SMILES string of the molecule is Cc1ccc(-n2c(SCC(=O)N3[C@@H](C)CCC[C@@H]3C)nc3ccccc32)cc1. The normalized spacial score (nSPS) is 19.9. The Labute approximate surface area is 170 Å². The van der Waals surface area contributed by atoms with E-state index < -0.39 is 0 Å². The van der Waals surface area contributed by atoms with Crippen LogP contribution >= 0.6 is 11.8 Å². The summed E-state index contributed by atoms with van der Waals surface area (Å²) in [6.07, 6.45) is 3.41. The Balaban J connectivity index is 1.62. The molecule has 2 heterocycles. The van der Waals surface area contributed by atoms with Crippen molar-refractivity contribution in [2.45, 2.75) is 57.3 Å². The first-order valence-corrected chi connectivity index (χ1v) is 11.0. The summed E-state index contributed by atoms with van der Waals surface area (Å²) >= 11 is 1.54. The van der Waals surface area contributed by atoms with Crippen LogP contribution in [0.25, 0.3) is 16.7 Å². The van der Waals surface area contributed by atoms with Crippen LogP contribution in [0.2, 0.25) is 0 Å². The third-order valence-corrected chi connectivity index (χ3v) is 6.55. The quantitative estimate of drug-likeness (QED) is 0.571. The first kappa shape index (κ1) is 19.1. The molecule has 4 rings (SSSR count). The van der Waals surface area contributed by atoms with Gasteiger partial charge in [0.1, 0.15) is 0 Å². The van der Waals surface area contributed by atoms with Crippen molar-refractivity contribution in [3.8, 4) is 5.69 Å². The number of hydrogen-bond donors (Lipinski definition) is 0. The lowest BCUT2D eigenvalue weighted by molar-refractivity contribution is -0.134. The molecule has 28 heavy (non-hydrogen) atoms. The number of aromatic nitrogens is 2. The minimum Gasteiger partial charge on any atom is -0.337 e. The fraction of sp³-hybridized carbons (Fsp3) is 0.391. The molecule has 1 amide bonds. The van der Waals surface area contributed by atoms with E-state index in [4.69, 9.17) is 4.98 Å². The number of hydrogen-bond acceptors (Lipinski definition) is 3. The first-order chi connectivity index (χ1) is 13.5. The number of thioether (sulfide) groups is 1. The topological polar surface area (TPSA) is 38.1 Å². The summed E-state index contributed by atoms with van der Waals surface area (Å²) in [5.74, 6) is 0.636. The van der Waals surface area contributed by atoms with Crippen LogP contribution < -0.4 is 0 Å². The summed E-state index contributed by atoms with van der Waals surface area (Å²) < 4.78 is 2.16. The van der Waals surface area contributed by atoms with Crippen LogP contribution in [0, 0.1) is 6.92 Å². The zero-order valence-electron chi connectivity index (χ0n) is 16.8. The lowest BCUT2D eigenvalue weighted by atomic mass is 9.98. The molecule has 0 radical (unpaired) electrons. The molecule has 1 aliphatic rings. The molecule has 3 aromatic rings. The molecule has 1 aliphatic heterocycles. The zero-order valence-corrected chi connectivity index (χ0v) is 17.6. The maximum Gasteiger partial charge on any atom is 0.233 e. The molecule has 5 heteroatoms. The van der Waals surface area contributed by atoms with Gasteiger partial charge in [0.05, 0.1) is 16.8 Å². The fourth-order valence-corrected chi connectivity index (χ4v) is 5.06. The molecule has 1 fully saturated rings. The van der Waals surface area contributed by atoms with Gasteiger partial charge < -0.3 is 4.90 Å². The largest absolute Gasteiger partial charge is 0.337 e. The molecule has 0 spiro atoms. The van der Waals surface area contributed by atoms with Gasteiger partial charge in [-0.25, -0.2) is 4.98 Å². The van der Waals surface area contributed by atoms with E-state index in [1.807, 2.05) is 18.2 Å². The number of benzene rings is 2. The van der Waals surface area contributed by atoms with E-state index in [0.29, 0.717) is 17.8 Å². The van der Waals surface area contributed by atoms with Gasteiger partial charge in [0.25, 0.3) is 0 Å². The molecule has 2 aromatic carbocycles. The van der Waals surface area contributed by atoms with Crippen LogP contribution in [0.15, 0.2) is 53.7 Å². The molecular formula is C23H27N3OS. The second-order valence-corrected chi connectivity index (χ2v) is 8.72. The van der Waals surface area contributed by atoms with Crippen LogP contribution in [-0.2, 0) is 4.79 Å². The van der Waals surface area contributed by atoms with Gasteiger partial charge >= 0.3 is 0 Å². The minimum absolute atomic E-state index is 0.215. The molecule has 0 saturated carbocycles. The van der Waals surface area contributed by atoms with E-state index in [1.54, 1.807) is 0 Å². The van der Waals surface area contributed by atoms with Crippen molar-refractivity contribution in [3.05, 3.63) is 54.1 Å². The lowest BCUT2D eigenvalue weighted by Gasteiger charge is -2.39. The molecular weight excluding hydrogens is 366 g/mol. The number of rotatable bonds is 4. The maximum absolute atomic E-state index is 13.0. The van der Waals surface area contributed by atoms with Gasteiger partial charge in [-0.15, -0.1) is 0 Å². The van der Waals surface area contributed by atoms with E-state index >= 15 is 0 Å². The van der Waals surface area contributed by atoms with Crippen molar-refractivity contribution in [1.29, 1.82) is 0 Å². The van der Waals surface area contributed by atoms with Crippen LogP contribution in [0.3, 0.4) is 0 Å². The highest BCUT2D eigenvalue weighted by Crippen LogP contribution is 2.30. The van der Waals surface area contributed by atoms with Gasteiger partial charge in [-0.1, -0.05) is 41.6 Å². The summed E-state index contributed by atoms with van der Waals surface area (Å²) in [7, 11) is 0. The lowest BCUT2D eigenvalue weighted by Crippen LogP contribution is -2.48. The second-order valence-electron chi connectivity index (χ2n) is 7.77. The third kappa shape index (κ3) is 3.68. The van der Waals surface area contributed by atoms with Gasteiger partial charge in [0.15, 0.2) is 5.16 Å². The molecule has 2 atom stereocenters. The van der Waals surface area contributed by atoms with E-state index in [2.05, 4.69) is 60.6 Å². The predicted octanol–water partition coefficient (Wildman–Crippen LogP) is 5.22. The van der Waals surface area contributed by atoms with Gasteiger partial charge in [0.2, 0.25) is 5.91 Å².